The van der Waals surface area contributed by atoms with Crippen molar-refractivity contribution in [3.05, 3.63) is 29.8 Å². The largest absolute Gasteiger partial charge is 0.573 e. The fourth-order valence-electron chi connectivity index (χ4n) is 1.48. The first-order valence-corrected chi connectivity index (χ1v) is 5.45. The van der Waals surface area contributed by atoms with Crippen LogP contribution in [0, 0.1) is 0 Å². The second kappa shape index (κ2) is 6.61. The quantitative estimate of drug-likeness (QED) is 0.802. The van der Waals surface area contributed by atoms with Crippen molar-refractivity contribution in [1.29, 1.82) is 0 Å². The molecule has 0 fully saturated rings. The fourth-order valence-corrected chi connectivity index (χ4v) is 1.48. The number of hydrogen-bond donors (Lipinski definition) is 1. The Morgan fingerprint density at radius 1 is 1.22 bits per heavy atom. The zero-order valence-electron chi connectivity index (χ0n) is 9.91. The lowest BCUT2D eigenvalue weighted by molar-refractivity contribution is -0.274. The first kappa shape index (κ1) is 14.8. The maximum absolute atomic E-state index is 11.9. The molecule has 1 aromatic carbocycles. The highest BCUT2D eigenvalue weighted by atomic mass is 19.4. The maximum Gasteiger partial charge on any atom is 0.573 e. The summed E-state index contributed by atoms with van der Waals surface area (Å²) in [6.07, 6.45) is -4.23. The first-order chi connectivity index (χ1) is 8.42. The van der Waals surface area contributed by atoms with Crippen molar-refractivity contribution < 1.29 is 27.8 Å². The zero-order chi connectivity index (χ0) is 13.6. The monoisotopic (exact) mass is 264 g/mol. The van der Waals surface area contributed by atoms with E-state index in [4.69, 9.17) is 4.74 Å². The molecular formula is C12H15F3O3. The van der Waals surface area contributed by atoms with Crippen LogP contribution in [0.2, 0.25) is 0 Å². The van der Waals surface area contributed by atoms with E-state index in [1.54, 1.807) is 7.11 Å². The van der Waals surface area contributed by atoms with Crippen LogP contribution in [0.3, 0.4) is 0 Å². The summed E-state index contributed by atoms with van der Waals surface area (Å²) in [5, 5.41) is 9.75. The molecular weight excluding hydrogens is 249 g/mol. The van der Waals surface area contributed by atoms with Gasteiger partial charge in [-0.15, -0.1) is 13.2 Å². The molecule has 0 aliphatic rings. The Morgan fingerprint density at radius 2 is 1.83 bits per heavy atom. The van der Waals surface area contributed by atoms with Gasteiger partial charge in [0.2, 0.25) is 0 Å². The number of aliphatic hydroxyl groups is 1. The molecule has 1 rings (SSSR count). The Labute approximate surface area is 103 Å². The van der Waals surface area contributed by atoms with E-state index < -0.39 is 12.5 Å². The highest BCUT2D eigenvalue weighted by molar-refractivity contribution is 5.28. The van der Waals surface area contributed by atoms with Crippen molar-refractivity contribution in [1.82, 2.24) is 0 Å². The van der Waals surface area contributed by atoms with Gasteiger partial charge in [-0.1, -0.05) is 12.1 Å². The summed E-state index contributed by atoms with van der Waals surface area (Å²) in [6, 6.07) is 5.20. The van der Waals surface area contributed by atoms with Crippen molar-refractivity contribution in [3.63, 3.8) is 0 Å². The minimum atomic E-state index is -4.70. The maximum atomic E-state index is 11.9. The van der Waals surface area contributed by atoms with Gasteiger partial charge in [0.05, 0.1) is 6.10 Å². The molecule has 0 aliphatic heterocycles. The predicted octanol–water partition coefficient (Wildman–Crippen LogP) is 3.05. The molecule has 0 spiro atoms. The van der Waals surface area contributed by atoms with Gasteiger partial charge < -0.3 is 14.6 Å². The number of methoxy groups -OCH3 is 1. The summed E-state index contributed by atoms with van der Waals surface area (Å²) >= 11 is 0. The van der Waals surface area contributed by atoms with Crippen LogP contribution in [0.25, 0.3) is 0 Å². The topological polar surface area (TPSA) is 38.7 Å². The van der Waals surface area contributed by atoms with Crippen LogP contribution in [0.5, 0.6) is 5.75 Å². The third kappa shape index (κ3) is 5.37. The van der Waals surface area contributed by atoms with Crippen molar-refractivity contribution in [2.75, 3.05) is 13.7 Å². The summed E-state index contributed by atoms with van der Waals surface area (Å²) in [5.74, 6) is -0.296. The van der Waals surface area contributed by atoms with E-state index >= 15 is 0 Å². The standard InChI is InChI=1S/C12H15F3O3/c1-17-8-2-3-11(16)9-4-6-10(7-5-9)18-12(13,14)15/h4-7,11,16H,2-3,8H2,1H3. The van der Waals surface area contributed by atoms with Crippen molar-refractivity contribution in [3.8, 4) is 5.75 Å². The van der Waals surface area contributed by atoms with Gasteiger partial charge in [0, 0.05) is 13.7 Å². The molecule has 0 saturated carbocycles. The van der Waals surface area contributed by atoms with Gasteiger partial charge >= 0.3 is 6.36 Å². The number of benzene rings is 1. The van der Waals surface area contributed by atoms with Gasteiger partial charge in [-0.3, -0.25) is 0 Å². The van der Waals surface area contributed by atoms with Gasteiger partial charge in [-0.05, 0) is 30.5 Å². The molecule has 0 radical (unpaired) electrons. The minimum Gasteiger partial charge on any atom is -0.406 e. The number of ether oxygens (including phenoxy) is 2. The summed E-state index contributed by atoms with van der Waals surface area (Å²) in [7, 11) is 1.57. The van der Waals surface area contributed by atoms with Crippen LogP contribution >= 0.6 is 0 Å². The van der Waals surface area contributed by atoms with Crippen LogP contribution < -0.4 is 4.74 Å². The molecule has 0 saturated heterocycles. The van der Waals surface area contributed by atoms with E-state index in [0.29, 0.717) is 25.0 Å². The molecule has 0 aliphatic carbocycles. The molecule has 1 aromatic rings. The number of hydrogen-bond acceptors (Lipinski definition) is 3. The Hall–Kier alpha value is -1.27. The molecule has 6 heteroatoms. The van der Waals surface area contributed by atoms with E-state index in [0.717, 1.165) is 0 Å². The predicted molar refractivity (Wildman–Crippen MR) is 59.2 cm³/mol. The van der Waals surface area contributed by atoms with E-state index in [-0.39, 0.29) is 5.75 Å². The lowest BCUT2D eigenvalue weighted by Crippen LogP contribution is -2.17. The van der Waals surface area contributed by atoms with E-state index in [9.17, 15) is 18.3 Å². The number of halogens is 3. The smallest absolute Gasteiger partial charge is 0.406 e. The normalized spacial score (nSPS) is 13.4. The van der Waals surface area contributed by atoms with Crippen LogP contribution in [-0.2, 0) is 4.74 Å². The second-order valence-electron chi connectivity index (χ2n) is 3.77. The third-order valence-corrected chi connectivity index (χ3v) is 2.32. The number of rotatable bonds is 6. The van der Waals surface area contributed by atoms with E-state index in [2.05, 4.69) is 4.74 Å². The van der Waals surface area contributed by atoms with Crippen LogP contribution in [0.1, 0.15) is 24.5 Å². The summed E-state index contributed by atoms with van der Waals surface area (Å²) < 4.78 is 44.3. The van der Waals surface area contributed by atoms with Crippen molar-refractivity contribution in [2.45, 2.75) is 25.3 Å². The number of alkyl halides is 3. The van der Waals surface area contributed by atoms with Crippen LogP contribution in [-0.4, -0.2) is 25.2 Å². The first-order valence-electron chi connectivity index (χ1n) is 5.45. The van der Waals surface area contributed by atoms with Gasteiger partial charge in [0.15, 0.2) is 0 Å². The molecule has 102 valence electrons. The summed E-state index contributed by atoms with van der Waals surface area (Å²) in [5.41, 5.74) is 0.556. The average Bonchev–Trinajstić information content (AvgIpc) is 2.28. The molecule has 1 unspecified atom stereocenters. The van der Waals surface area contributed by atoms with Gasteiger partial charge in [0.1, 0.15) is 5.75 Å². The van der Waals surface area contributed by atoms with Gasteiger partial charge in [0.25, 0.3) is 0 Å². The third-order valence-electron chi connectivity index (χ3n) is 2.32. The Morgan fingerprint density at radius 3 is 2.33 bits per heavy atom. The molecule has 18 heavy (non-hydrogen) atoms. The molecule has 0 aromatic heterocycles. The van der Waals surface area contributed by atoms with Crippen molar-refractivity contribution >= 4 is 0 Å². The Bertz CT molecular complexity index is 349. The second-order valence-corrected chi connectivity index (χ2v) is 3.77. The van der Waals surface area contributed by atoms with Gasteiger partial charge in [-0.25, -0.2) is 0 Å². The van der Waals surface area contributed by atoms with Gasteiger partial charge in [-0.2, -0.15) is 0 Å². The Kier molecular flexibility index (Phi) is 5.43. The summed E-state index contributed by atoms with van der Waals surface area (Å²) in [6.45, 7) is 0.534. The molecule has 1 atom stereocenters. The SMILES string of the molecule is COCCCC(O)c1ccc(OC(F)(F)F)cc1. The molecule has 0 bridgehead atoms. The molecule has 0 amide bonds. The highest BCUT2D eigenvalue weighted by Crippen LogP contribution is 2.25. The molecule has 1 N–H and O–H groups in total. The Balaban J connectivity index is 2.54. The van der Waals surface area contributed by atoms with E-state index in [1.807, 2.05) is 0 Å². The zero-order valence-corrected chi connectivity index (χ0v) is 9.91. The summed E-state index contributed by atoms with van der Waals surface area (Å²) in [4.78, 5) is 0. The van der Waals surface area contributed by atoms with Crippen molar-refractivity contribution in [2.24, 2.45) is 0 Å². The molecule has 0 heterocycles. The van der Waals surface area contributed by atoms with Crippen LogP contribution in [0.4, 0.5) is 13.2 Å². The van der Waals surface area contributed by atoms with Crippen LogP contribution in [0.15, 0.2) is 24.3 Å². The molecule has 3 nitrogen and oxygen atoms in total. The lowest BCUT2D eigenvalue weighted by atomic mass is 10.1. The lowest BCUT2D eigenvalue weighted by Gasteiger charge is -2.12. The fraction of sp³-hybridized carbons (Fsp3) is 0.500. The highest BCUT2D eigenvalue weighted by Gasteiger charge is 2.31. The number of aliphatic hydroxyl groups excluding tert-OH is 1. The average molecular weight is 264 g/mol. The minimum absolute atomic E-state index is 0.296. The van der Waals surface area contributed by atoms with E-state index in [1.165, 1.54) is 24.3 Å².